The van der Waals surface area contributed by atoms with Gasteiger partial charge in [-0.15, -0.1) is 0 Å². The first-order valence-electron chi connectivity index (χ1n) is 3.15. The van der Waals surface area contributed by atoms with Crippen LogP contribution in [0.1, 0.15) is 20.3 Å². The molecule has 0 saturated carbocycles. The lowest BCUT2D eigenvalue weighted by Crippen LogP contribution is -1.70. The molecular formula is C8H13N. The minimum atomic E-state index is 0.986. The van der Waals surface area contributed by atoms with Gasteiger partial charge in [-0.05, 0) is 18.9 Å². The summed E-state index contributed by atoms with van der Waals surface area (Å²) in [5.74, 6) is 0. The molecule has 50 valence electrons. The highest BCUT2D eigenvalue weighted by Crippen LogP contribution is 1.88. The summed E-state index contributed by atoms with van der Waals surface area (Å²) in [6.07, 6.45) is 8.37. The van der Waals surface area contributed by atoms with Crippen LogP contribution in [0.4, 0.5) is 0 Å². The molecule has 0 aliphatic heterocycles. The van der Waals surface area contributed by atoms with Crippen LogP contribution in [0.25, 0.3) is 0 Å². The molecular weight excluding hydrogens is 110 g/mol. The van der Waals surface area contributed by atoms with Crippen LogP contribution in [0.15, 0.2) is 23.8 Å². The summed E-state index contributed by atoms with van der Waals surface area (Å²) in [5, 5.41) is 6.82. The van der Waals surface area contributed by atoms with E-state index in [-0.39, 0.29) is 0 Å². The fourth-order valence-electron chi connectivity index (χ4n) is 0.404. The third-order valence-corrected chi connectivity index (χ3v) is 0.959. The molecule has 0 spiro atoms. The van der Waals surface area contributed by atoms with Crippen LogP contribution in [0.3, 0.4) is 0 Å². The lowest BCUT2D eigenvalue weighted by Gasteiger charge is -1.81. The van der Waals surface area contributed by atoms with E-state index in [0.29, 0.717) is 0 Å². The van der Waals surface area contributed by atoms with Gasteiger partial charge >= 0.3 is 0 Å². The molecule has 0 saturated heterocycles. The molecule has 0 bridgehead atoms. The Balaban J connectivity index is 3.68. The smallest absolute Gasteiger partial charge is 0.0207 e. The van der Waals surface area contributed by atoms with Crippen molar-refractivity contribution < 1.29 is 0 Å². The van der Waals surface area contributed by atoms with Gasteiger partial charge in [-0.3, -0.25) is 0 Å². The Morgan fingerprint density at radius 2 is 2.22 bits per heavy atom. The van der Waals surface area contributed by atoms with Gasteiger partial charge in [0, 0.05) is 6.21 Å². The lowest BCUT2D eigenvalue weighted by atomic mass is 10.3. The summed E-state index contributed by atoms with van der Waals surface area (Å²) < 4.78 is 0. The zero-order chi connectivity index (χ0) is 7.11. The number of hydrogen-bond acceptors (Lipinski definition) is 1. The number of allylic oxidation sites excluding steroid dienone is 4. The zero-order valence-corrected chi connectivity index (χ0v) is 6.02. The minimum absolute atomic E-state index is 0.986. The molecule has 0 unspecified atom stereocenters. The van der Waals surface area contributed by atoms with Crippen LogP contribution in [-0.2, 0) is 0 Å². The average Bonchev–Trinajstić information content (AvgIpc) is 1.89. The second-order valence-electron chi connectivity index (χ2n) is 1.89. The highest BCUT2D eigenvalue weighted by atomic mass is 14.3. The standard InChI is InChI=1S/C8H13N/c1-3-4-5-6-8(2)7-9/h4-7,9H,3H2,1-2H3/b5-4?,8-6-,9-7?. The Morgan fingerprint density at radius 3 is 2.67 bits per heavy atom. The molecule has 0 heterocycles. The third-order valence-electron chi connectivity index (χ3n) is 0.959. The van der Waals surface area contributed by atoms with E-state index in [9.17, 15) is 0 Å². The van der Waals surface area contributed by atoms with Crippen molar-refractivity contribution in [2.75, 3.05) is 0 Å². The summed E-state index contributed by atoms with van der Waals surface area (Å²) >= 11 is 0. The van der Waals surface area contributed by atoms with E-state index in [1.54, 1.807) is 0 Å². The number of hydrogen-bond donors (Lipinski definition) is 1. The van der Waals surface area contributed by atoms with Crippen LogP contribution in [0.5, 0.6) is 0 Å². The van der Waals surface area contributed by atoms with Gasteiger partial charge in [0.1, 0.15) is 0 Å². The van der Waals surface area contributed by atoms with Crippen molar-refractivity contribution >= 4 is 6.21 Å². The monoisotopic (exact) mass is 123 g/mol. The average molecular weight is 123 g/mol. The molecule has 0 aromatic heterocycles. The largest absolute Gasteiger partial charge is 0.308 e. The lowest BCUT2D eigenvalue weighted by molar-refractivity contribution is 1.22. The van der Waals surface area contributed by atoms with E-state index < -0.39 is 0 Å². The molecule has 1 nitrogen and oxygen atoms in total. The fraction of sp³-hybridized carbons (Fsp3) is 0.375. The summed E-state index contributed by atoms with van der Waals surface area (Å²) in [4.78, 5) is 0. The molecule has 0 atom stereocenters. The Kier molecular flexibility index (Phi) is 4.79. The van der Waals surface area contributed by atoms with E-state index in [0.717, 1.165) is 12.0 Å². The van der Waals surface area contributed by atoms with Crippen molar-refractivity contribution in [1.82, 2.24) is 0 Å². The van der Waals surface area contributed by atoms with Crippen molar-refractivity contribution in [1.29, 1.82) is 5.41 Å². The van der Waals surface area contributed by atoms with Crippen molar-refractivity contribution in [3.63, 3.8) is 0 Å². The SMILES string of the molecule is CCC=C/C=C(/C)C=N. The molecule has 1 N–H and O–H groups in total. The maximum atomic E-state index is 6.82. The molecule has 0 aromatic rings. The van der Waals surface area contributed by atoms with Gasteiger partial charge in [0.05, 0.1) is 0 Å². The Hall–Kier alpha value is -0.850. The van der Waals surface area contributed by atoms with Gasteiger partial charge in [0.2, 0.25) is 0 Å². The first kappa shape index (κ1) is 8.15. The first-order chi connectivity index (χ1) is 4.31. The molecule has 0 fully saturated rings. The van der Waals surface area contributed by atoms with E-state index >= 15 is 0 Å². The normalized spacial score (nSPS) is 12.4. The summed E-state index contributed by atoms with van der Waals surface area (Å²) in [7, 11) is 0. The van der Waals surface area contributed by atoms with Crippen LogP contribution >= 0.6 is 0 Å². The number of nitrogens with one attached hydrogen (secondary N) is 1. The maximum Gasteiger partial charge on any atom is 0.0207 e. The van der Waals surface area contributed by atoms with Crippen molar-refractivity contribution in [2.45, 2.75) is 20.3 Å². The maximum absolute atomic E-state index is 6.82. The Bertz CT molecular complexity index is 132. The molecule has 0 amide bonds. The van der Waals surface area contributed by atoms with E-state index in [1.165, 1.54) is 6.21 Å². The van der Waals surface area contributed by atoms with Crippen LogP contribution in [-0.4, -0.2) is 6.21 Å². The molecule has 0 aliphatic rings. The highest BCUT2D eigenvalue weighted by Gasteiger charge is 1.73. The molecule has 0 rings (SSSR count). The van der Waals surface area contributed by atoms with E-state index in [1.807, 2.05) is 19.1 Å². The predicted octanol–water partition coefficient (Wildman–Crippen LogP) is 2.55. The highest BCUT2D eigenvalue weighted by molar-refractivity contribution is 5.75. The van der Waals surface area contributed by atoms with Crippen LogP contribution < -0.4 is 0 Å². The predicted molar refractivity (Wildman–Crippen MR) is 42.0 cm³/mol. The van der Waals surface area contributed by atoms with Crippen molar-refractivity contribution in [3.05, 3.63) is 23.8 Å². The van der Waals surface area contributed by atoms with Crippen molar-refractivity contribution in [2.24, 2.45) is 0 Å². The molecule has 0 aromatic carbocycles. The molecule has 9 heavy (non-hydrogen) atoms. The summed E-state index contributed by atoms with van der Waals surface area (Å²) in [6, 6.07) is 0. The van der Waals surface area contributed by atoms with Crippen LogP contribution in [0.2, 0.25) is 0 Å². The van der Waals surface area contributed by atoms with E-state index in [2.05, 4.69) is 13.0 Å². The topological polar surface area (TPSA) is 23.9 Å². The third kappa shape index (κ3) is 5.01. The quantitative estimate of drug-likeness (QED) is 0.440. The van der Waals surface area contributed by atoms with Gasteiger partial charge in [0.15, 0.2) is 0 Å². The zero-order valence-electron chi connectivity index (χ0n) is 6.02. The Morgan fingerprint density at radius 1 is 1.56 bits per heavy atom. The second kappa shape index (κ2) is 5.29. The first-order valence-corrected chi connectivity index (χ1v) is 3.15. The second-order valence-corrected chi connectivity index (χ2v) is 1.89. The minimum Gasteiger partial charge on any atom is -0.308 e. The van der Waals surface area contributed by atoms with Crippen molar-refractivity contribution in [3.8, 4) is 0 Å². The Labute approximate surface area is 56.6 Å². The van der Waals surface area contributed by atoms with E-state index in [4.69, 9.17) is 5.41 Å². The fourth-order valence-corrected chi connectivity index (χ4v) is 0.404. The molecule has 1 heteroatoms. The van der Waals surface area contributed by atoms with Gasteiger partial charge in [0.25, 0.3) is 0 Å². The molecule has 0 radical (unpaired) electrons. The van der Waals surface area contributed by atoms with Gasteiger partial charge < -0.3 is 5.41 Å². The van der Waals surface area contributed by atoms with Gasteiger partial charge in [-0.1, -0.05) is 25.2 Å². The molecule has 0 aliphatic carbocycles. The van der Waals surface area contributed by atoms with Gasteiger partial charge in [-0.2, -0.15) is 0 Å². The summed E-state index contributed by atoms with van der Waals surface area (Å²) in [5.41, 5.74) is 0.986. The van der Waals surface area contributed by atoms with Gasteiger partial charge in [-0.25, -0.2) is 0 Å². The number of rotatable bonds is 3. The van der Waals surface area contributed by atoms with Crippen LogP contribution in [0, 0.1) is 5.41 Å². The summed E-state index contributed by atoms with van der Waals surface area (Å²) in [6.45, 7) is 4.00.